The second-order valence-electron chi connectivity index (χ2n) is 6.43. The number of aliphatic hydroxyl groups is 1. The number of nitrogens with one attached hydrogen (secondary N) is 1. The molecule has 1 aliphatic rings. The van der Waals surface area contributed by atoms with Gasteiger partial charge in [-0.15, -0.1) is 0 Å². The Morgan fingerprint density at radius 1 is 1.04 bits per heavy atom. The van der Waals surface area contributed by atoms with Crippen LogP contribution in [0.3, 0.4) is 0 Å². The van der Waals surface area contributed by atoms with Crippen molar-refractivity contribution in [2.45, 2.75) is 18.6 Å². The lowest BCUT2D eigenvalue weighted by molar-refractivity contribution is -0.134. The molecule has 1 aromatic heterocycles. The molecular weight excluding hydrogens is 334 g/mol. The number of anilines is 1. The van der Waals surface area contributed by atoms with Crippen molar-refractivity contribution in [3.05, 3.63) is 74.9 Å². The highest BCUT2D eigenvalue weighted by Crippen LogP contribution is 2.38. The van der Waals surface area contributed by atoms with Gasteiger partial charge >= 0.3 is 5.69 Å². The summed E-state index contributed by atoms with van der Waals surface area (Å²) >= 11 is 0. The fourth-order valence-corrected chi connectivity index (χ4v) is 3.48. The lowest BCUT2D eigenvalue weighted by Crippen LogP contribution is -2.42. The molecule has 0 saturated heterocycles. The molecule has 0 saturated carbocycles. The first kappa shape index (κ1) is 16.3. The number of carbonyl (C=O) groups is 1. The number of fused-ring (bicyclic) bond motifs is 2. The topological polar surface area (TPSA) is 93.3 Å². The highest BCUT2D eigenvalue weighted by molar-refractivity contribution is 6.04. The number of rotatable bonds is 3. The Morgan fingerprint density at radius 3 is 2.54 bits per heavy atom. The summed E-state index contributed by atoms with van der Waals surface area (Å²) < 4.78 is 2.46. The molecule has 132 valence electrons. The maximum absolute atomic E-state index is 12.7. The fourth-order valence-electron chi connectivity index (χ4n) is 3.48. The van der Waals surface area contributed by atoms with Crippen LogP contribution in [0.15, 0.2) is 58.1 Å². The van der Waals surface area contributed by atoms with Gasteiger partial charge in [0, 0.05) is 31.3 Å². The SMILES string of the molecule is Cn1c(=O)n(CCC2(O)C(=O)Nc3ccccc32)c(=O)c2ccccc21. The number of carbonyl (C=O) groups excluding carboxylic acids is 1. The molecule has 4 rings (SSSR count). The van der Waals surface area contributed by atoms with Crippen LogP contribution in [0, 0.1) is 0 Å². The Kier molecular flexibility index (Phi) is 3.55. The first-order chi connectivity index (χ1) is 12.4. The lowest BCUT2D eigenvalue weighted by atomic mass is 9.92. The number of amides is 1. The van der Waals surface area contributed by atoms with E-state index in [1.807, 2.05) is 0 Å². The van der Waals surface area contributed by atoms with Crippen molar-refractivity contribution < 1.29 is 9.90 Å². The van der Waals surface area contributed by atoms with E-state index in [1.165, 1.54) is 4.57 Å². The number of para-hydroxylation sites is 2. The van der Waals surface area contributed by atoms with Gasteiger partial charge in [-0.05, 0) is 18.2 Å². The predicted octanol–water partition coefficient (Wildman–Crippen LogP) is 0.930. The number of benzene rings is 2. The Morgan fingerprint density at radius 2 is 1.73 bits per heavy atom. The van der Waals surface area contributed by atoms with Gasteiger partial charge in [-0.3, -0.25) is 18.7 Å². The van der Waals surface area contributed by atoms with E-state index >= 15 is 0 Å². The van der Waals surface area contributed by atoms with E-state index in [0.717, 1.165) is 4.57 Å². The van der Waals surface area contributed by atoms with E-state index in [4.69, 9.17) is 0 Å². The third-order valence-corrected chi connectivity index (χ3v) is 4.95. The van der Waals surface area contributed by atoms with Crippen LogP contribution in [0.2, 0.25) is 0 Å². The zero-order valence-electron chi connectivity index (χ0n) is 14.1. The van der Waals surface area contributed by atoms with E-state index in [-0.39, 0.29) is 13.0 Å². The minimum absolute atomic E-state index is 0.0748. The Hall–Kier alpha value is -3.19. The van der Waals surface area contributed by atoms with Crippen molar-refractivity contribution >= 4 is 22.5 Å². The standard InChI is InChI=1S/C19H17N3O4/c1-21-15-9-5-2-6-12(15)16(23)22(18(21)25)11-10-19(26)13-7-3-4-8-14(13)20-17(19)24/h2-9,26H,10-11H2,1H3,(H,20,24). The van der Waals surface area contributed by atoms with E-state index in [0.29, 0.717) is 22.2 Å². The van der Waals surface area contributed by atoms with Crippen LogP contribution >= 0.6 is 0 Å². The third-order valence-electron chi connectivity index (χ3n) is 4.95. The first-order valence-corrected chi connectivity index (χ1v) is 8.25. The summed E-state index contributed by atoms with van der Waals surface area (Å²) in [5, 5.41) is 14.0. The van der Waals surface area contributed by atoms with Gasteiger partial charge in [0.05, 0.1) is 10.9 Å². The molecule has 0 radical (unpaired) electrons. The third kappa shape index (κ3) is 2.21. The molecule has 0 aliphatic carbocycles. The quantitative estimate of drug-likeness (QED) is 0.734. The molecule has 1 atom stereocenters. The van der Waals surface area contributed by atoms with Crippen LogP contribution in [-0.4, -0.2) is 20.1 Å². The molecule has 0 spiro atoms. The smallest absolute Gasteiger partial charge is 0.331 e. The van der Waals surface area contributed by atoms with Crippen LogP contribution in [0.4, 0.5) is 5.69 Å². The summed E-state index contributed by atoms with van der Waals surface area (Å²) in [6.07, 6.45) is -0.0800. The summed E-state index contributed by atoms with van der Waals surface area (Å²) in [7, 11) is 1.59. The van der Waals surface area contributed by atoms with Crippen LogP contribution in [0.25, 0.3) is 10.9 Å². The van der Waals surface area contributed by atoms with Crippen LogP contribution in [0.5, 0.6) is 0 Å². The summed E-state index contributed by atoms with van der Waals surface area (Å²) in [4.78, 5) is 37.6. The molecule has 1 aliphatic heterocycles. The number of aromatic nitrogens is 2. The molecule has 26 heavy (non-hydrogen) atoms. The van der Waals surface area contributed by atoms with Gasteiger partial charge in [-0.2, -0.15) is 0 Å². The van der Waals surface area contributed by atoms with Gasteiger partial charge in [-0.25, -0.2) is 4.79 Å². The molecule has 2 N–H and O–H groups in total. The Labute approximate surface area is 148 Å². The molecule has 2 aromatic carbocycles. The van der Waals surface area contributed by atoms with Crippen LogP contribution in [0.1, 0.15) is 12.0 Å². The van der Waals surface area contributed by atoms with Gasteiger partial charge < -0.3 is 10.4 Å². The van der Waals surface area contributed by atoms with Gasteiger partial charge in [0.2, 0.25) is 0 Å². The monoisotopic (exact) mass is 351 g/mol. The van der Waals surface area contributed by atoms with E-state index in [9.17, 15) is 19.5 Å². The summed E-state index contributed by atoms with van der Waals surface area (Å²) in [5.74, 6) is -0.552. The van der Waals surface area contributed by atoms with E-state index in [1.54, 1.807) is 55.6 Å². The van der Waals surface area contributed by atoms with Crippen molar-refractivity contribution in [3.63, 3.8) is 0 Å². The first-order valence-electron chi connectivity index (χ1n) is 8.25. The predicted molar refractivity (Wildman–Crippen MR) is 97.0 cm³/mol. The Balaban J connectivity index is 1.77. The minimum atomic E-state index is -1.77. The van der Waals surface area contributed by atoms with Gasteiger partial charge in [0.15, 0.2) is 5.60 Å². The zero-order valence-corrected chi connectivity index (χ0v) is 14.1. The van der Waals surface area contributed by atoms with Gasteiger partial charge in [-0.1, -0.05) is 30.3 Å². The molecule has 1 unspecified atom stereocenters. The average molecular weight is 351 g/mol. The second-order valence-corrected chi connectivity index (χ2v) is 6.43. The number of nitrogens with zero attached hydrogens (tertiary/aromatic N) is 2. The summed E-state index contributed by atoms with van der Waals surface area (Å²) in [6, 6.07) is 13.7. The average Bonchev–Trinajstić information content (AvgIpc) is 2.91. The van der Waals surface area contributed by atoms with Crippen molar-refractivity contribution in [1.82, 2.24) is 9.13 Å². The van der Waals surface area contributed by atoms with E-state index in [2.05, 4.69) is 5.32 Å². The van der Waals surface area contributed by atoms with E-state index < -0.39 is 22.8 Å². The minimum Gasteiger partial charge on any atom is -0.375 e. The summed E-state index contributed by atoms with van der Waals surface area (Å²) in [5.41, 5.74) is -1.15. The number of hydrogen-bond donors (Lipinski definition) is 2. The highest BCUT2D eigenvalue weighted by Gasteiger charge is 2.44. The molecule has 7 nitrogen and oxygen atoms in total. The normalized spacial score (nSPS) is 18.8. The van der Waals surface area contributed by atoms with Crippen molar-refractivity contribution in [3.8, 4) is 0 Å². The van der Waals surface area contributed by atoms with Gasteiger partial charge in [0.25, 0.3) is 11.5 Å². The maximum atomic E-state index is 12.7. The van der Waals surface area contributed by atoms with Crippen molar-refractivity contribution in [2.24, 2.45) is 7.05 Å². The molecule has 0 fully saturated rings. The summed E-state index contributed by atoms with van der Waals surface area (Å²) in [6.45, 7) is -0.0748. The largest absolute Gasteiger partial charge is 0.375 e. The molecule has 0 bridgehead atoms. The van der Waals surface area contributed by atoms with Gasteiger partial charge in [0.1, 0.15) is 0 Å². The molecule has 7 heteroatoms. The maximum Gasteiger partial charge on any atom is 0.331 e. The van der Waals surface area contributed by atoms with Crippen molar-refractivity contribution in [1.29, 1.82) is 0 Å². The second kappa shape index (κ2) is 5.67. The molecule has 1 amide bonds. The molecule has 2 heterocycles. The van der Waals surface area contributed by atoms with Crippen LogP contribution in [-0.2, 0) is 24.0 Å². The highest BCUT2D eigenvalue weighted by atomic mass is 16.3. The number of aryl methyl sites for hydroxylation is 1. The molecular formula is C19H17N3O4. The van der Waals surface area contributed by atoms with Crippen LogP contribution < -0.4 is 16.6 Å². The number of hydrogen-bond acceptors (Lipinski definition) is 4. The Bertz CT molecular complexity index is 1160. The fraction of sp³-hybridized carbons (Fsp3) is 0.211. The lowest BCUT2D eigenvalue weighted by Gasteiger charge is -2.21. The zero-order chi connectivity index (χ0) is 18.5. The molecule has 3 aromatic rings. The van der Waals surface area contributed by atoms with Crippen molar-refractivity contribution in [2.75, 3.05) is 5.32 Å².